The Balaban J connectivity index is 1.50. The highest BCUT2D eigenvalue weighted by molar-refractivity contribution is 6.08. The smallest absolute Gasteiger partial charge is 0.408 e. The summed E-state index contributed by atoms with van der Waals surface area (Å²) in [5.74, 6) is -1.14. The Kier molecular flexibility index (Phi) is 6.80. The van der Waals surface area contributed by atoms with Gasteiger partial charge in [-0.15, -0.1) is 0 Å². The fourth-order valence-corrected chi connectivity index (χ4v) is 3.74. The molecule has 1 aliphatic heterocycles. The zero-order chi connectivity index (χ0) is 23.1. The van der Waals surface area contributed by atoms with Crippen LogP contribution in [0, 0.1) is 0 Å². The van der Waals surface area contributed by atoms with Crippen LogP contribution in [-0.2, 0) is 38.8 Å². The van der Waals surface area contributed by atoms with E-state index in [9.17, 15) is 14.4 Å². The molecule has 3 aromatic carbocycles. The predicted molar refractivity (Wildman–Crippen MR) is 120 cm³/mol. The van der Waals surface area contributed by atoms with E-state index < -0.39 is 23.4 Å². The summed E-state index contributed by atoms with van der Waals surface area (Å²) >= 11 is 0. The zero-order valence-electron chi connectivity index (χ0n) is 18.0. The van der Waals surface area contributed by atoms with Gasteiger partial charge in [0.15, 0.2) is 0 Å². The van der Waals surface area contributed by atoms with Crippen molar-refractivity contribution in [1.82, 2.24) is 10.4 Å². The van der Waals surface area contributed by atoms with Crippen LogP contribution in [-0.4, -0.2) is 28.5 Å². The van der Waals surface area contributed by atoms with Gasteiger partial charge >= 0.3 is 6.09 Å². The monoisotopic (exact) mass is 444 g/mol. The van der Waals surface area contributed by atoms with Crippen LogP contribution in [0.1, 0.15) is 23.1 Å². The van der Waals surface area contributed by atoms with Crippen molar-refractivity contribution in [1.29, 1.82) is 0 Å². The van der Waals surface area contributed by atoms with Gasteiger partial charge in [-0.3, -0.25) is 14.4 Å². The van der Waals surface area contributed by atoms with Gasteiger partial charge in [-0.05, 0) is 16.7 Å². The van der Waals surface area contributed by atoms with Crippen LogP contribution in [0.2, 0.25) is 0 Å². The van der Waals surface area contributed by atoms with E-state index in [-0.39, 0.29) is 26.1 Å². The fraction of sp³-hybridized carbons (Fsp3) is 0.192. The van der Waals surface area contributed by atoms with Crippen LogP contribution < -0.4 is 5.32 Å². The number of benzene rings is 3. The van der Waals surface area contributed by atoms with Gasteiger partial charge in [0.05, 0.1) is 6.42 Å². The molecule has 1 saturated heterocycles. The Bertz CT molecular complexity index is 1110. The Morgan fingerprint density at radius 1 is 0.788 bits per heavy atom. The molecule has 0 spiro atoms. The Hall–Kier alpha value is -3.97. The molecule has 33 heavy (non-hydrogen) atoms. The van der Waals surface area contributed by atoms with Gasteiger partial charge in [0.25, 0.3) is 11.8 Å². The van der Waals surface area contributed by atoms with E-state index in [4.69, 9.17) is 9.57 Å². The second-order valence-corrected chi connectivity index (χ2v) is 7.86. The number of hydrogen-bond donors (Lipinski definition) is 1. The number of ether oxygens (including phenoxy) is 1. The summed E-state index contributed by atoms with van der Waals surface area (Å²) in [6.45, 7) is 0.0998. The highest BCUT2D eigenvalue weighted by atomic mass is 16.7. The average molecular weight is 444 g/mol. The minimum Gasteiger partial charge on any atom is -0.445 e. The largest absolute Gasteiger partial charge is 0.445 e. The summed E-state index contributed by atoms with van der Waals surface area (Å²) < 4.78 is 5.33. The van der Waals surface area contributed by atoms with Gasteiger partial charge in [-0.2, -0.15) is 5.06 Å². The molecule has 0 unspecified atom stereocenters. The molecule has 1 heterocycles. The van der Waals surface area contributed by atoms with Crippen molar-refractivity contribution in [2.24, 2.45) is 0 Å². The van der Waals surface area contributed by atoms with Crippen molar-refractivity contribution >= 4 is 17.9 Å². The minimum atomic E-state index is -1.50. The highest BCUT2D eigenvalue weighted by Gasteiger charge is 2.54. The molecular formula is C26H24N2O5. The summed E-state index contributed by atoms with van der Waals surface area (Å²) in [6.07, 6.45) is -0.874. The van der Waals surface area contributed by atoms with Crippen LogP contribution in [0.15, 0.2) is 91.0 Å². The first-order valence-electron chi connectivity index (χ1n) is 10.6. The Labute approximate surface area is 191 Å². The molecule has 1 N–H and O–H groups in total. The third-order valence-electron chi connectivity index (χ3n) is 5.38. The van der Waals surface area contributed by atoms with Crippen molar-refractivity contribution in [2.75, 3.05) is 0 Å². The number of nitrogens with one attached hydrogen (secondary N) is 1. The number of alkyl carbamates (subject to hydrolysis) is 1. The van der Waals surface area contributed by atoms with E-state index in [2.05, 4.69) is 5.32 Å². The van der Waals surface area contributed by atoms with E-state index in [1.54, 1.807) is 0 Å². The van der Waals surface area contributed by atoms with Gasteiger partial charge < -0.3 is 10.1 Å². The lowest BCUT2D eigenvalue weighted by atomic mass is 9.89. The quantitative estimate of drug-likeness (QED) is 0.535. The van der Waals surface area contributed by atoms with Crippen LogP contribution in [0.25, 0.3) is 0 Å². The second kappa shape index (κ2) is 10.1. The normalized spacial score (nSPS) is 17.8. The standard InChI is InChI=1S/C26H24N2O5/c29-23-17-26(16-20-10-4-1-5-11-20,27-25(31)32-18-21-12-6-2-7-13-21)24(30)28(23)33-19-22-14-8-3-9-15-22/h1-15H,16-19H2,(H,27,31)/t26-/m1/s1. The molecule has 1 aliphatic rings. The lowest BCUT2D eigenvalue weighted by Crippen LogP contribution is -2.55. The maximum Gasteiger partial charge on any atom is 0.408 e. The van der Waals surface area contributed by atoms with Crippen LogP contribution in [0.5, 0.6) is 0 Å². The molecule has 0 aliphatic carbocycles. The topological polar surface area (TPSA) is 84.9 Å². The number of carbonyl (C=O) groups is 3. The zero-order valence-corrected chi connectivity index (χ0v) is 18.0. The molecule has 0 aromatic heterocycles. The molecule has 1 atom stereocenters. The average Bonchev–Trinajstić information content (AvgIpc) is 3.06. The van der Waals surface area contributed by atoms with Crippen molar-refractivity contribution in [3.05, 3.63) is 108 Å². The molecule has 1 fully saturated rings. The van der Waals surface area contributed by atoms with Crippen molar-refractivity contribution in [3.63, 3.8) is 0 Å². The third-order valence-corrected chi connectivity index (χ3v) is 5.38. The fourth-order valence-electron chi connectivity index (χ4n) is 3.74. The SMILES string of the molecule is O=C(N[C@]1(Cc2ccccc2)CC(=O)N(OCc2ccccc2)C1=O)OCc1ccccc1. The van der Waals surface area contributed by atoms with Gasteiger partial charge in [-0.25, -0.2) is 4.79 Å². The van der Waals surface area contributed by atoms with Gasteiger partial charge in [0.1, 0.15) is 18.8 Å². The van der Waals surface area contributed by atoms with Crippen molar-refractivity contribution in [2.45, 2.75) is 31.6 Å². The number of rotatable bonds is 8. The number of amides is 3. The van der Waals surface area contributed by atoms with Crippen molar-refractivity contribution in [3.8, 4) is 0 Å². The maximum absolute atomic E-state index is 13.4. The van der Waals surface area contributed by atoms with E-state index in [1.165, 1.54) is 0 Å². The number of hydrogen-bond acceptors (Lipinski definition) is 5. The summed E-state index contributed by atoms with van der Waals surface area (Å²) in [4.78, 5) is 44.4. The summed E-state index contributed by atoms with van der Waals surface area (Å²) in [5, 5.41) is 3.42. The first-order chi connectivity index (χ1) is 16.1. The molecule has 0 bridgehead atoms. The maximum atomic E-state index is 13.4. The molecular weight excluding hydrogens is 420 g/mol. The van der Waals surface area contributed by atoms with Gasteiger partial charge in [-0.1, -0.05) is 91.0 Å². The highest BCUT2D eigenvalue weighted by Crippen LogP contribution is 2.29. The van der Waals surface area contributed by atoms with E-state index in [0.29, 0.717) is 0 Å². The van der Waals surface area contributed by atoms with E-state index in [1.807, 2.05) is 91.0 Å². The summed E-state index contributed by atoms with van der Waals surface area (Å²) in [5.41, 5.74) is 0.926. The molecule has 168 valence electrons. The number of carbonyl (C=O) groups excluding carboxylic acids is 3. The molecule has 7 nitrogen and oxygen atoms in total. The molecule has 4 rings (SSSR count). The summed E-state index contributed by atoms with van der Waals surface area (Å²) in [6, 6.07) is 27.6. The first-order valence-corrected chi connectivity index (χ1v) is 10.6. The van der Waals surface area contributed by atoms with Crippen LogP contribution >= 0.6 is 0 Å². The Morgan fingerprint density at radius 2 is 1.30 bits per heavy atom. The van der Waals surface area contributed by atoms with Gasteiger partial charge in [0.2, 0.25) is 0 Å². The van der Waals surface area contributed by atoms with E-state index >= 15 is 0 Å². The molecule has 0 radical (unpaired) electrons. The molecule has 0 saturated carbocycles. The minimum absolute atomic E-state index is 0.0461. The Morgan fingerprint density at radius 3 is 1.88 bits per heavy atom. The van der Waals surface area contributed by atoms with Crippen molar-refractivity contribution < 1.29 is 24.0 Å². The van der Waals surface area contributed by atoms with Gasteiger partial charge in [0, 0.05) is 6.42 Å². The number of imide groups is 1. The number of nitrogens with zero attached hydrogens (tertiary/aromatic N) is 1. The summed E-state index contributed by atoms with van der Waals surface area (Å²) in [7, 11) is 0. The lowest BCUT2D eigenvalue weighted by Gasteiger charge is -2.27. The molecule has 3 aromatic rings. The second-order valence-electron chi connectivity index (χ2n) is 7.86. The third kappa shape index (κ3) is 5.45. The lowest BCUT2D eigenvalue weighted by molar-refractivity contribution is -0.193. The van der Waals surface area contributed by atoms with Crippen LogP contribution in [0.4, 0.5) is 4.79 Å². The molecule has 3 amide bonds. The van der Waals surface area contributed by atoms with E-state index in [0.717, 1.165) is 21.8 Å². The first kappa shape index (κ1) is 22.2. The predicted octanol–water partition coefficient (Wildman–Crippen LogP) is 3.79. The van der Waals surface area contributed by atoms with Crippen LogP contribution in [0.3, 0.4) is 0 Å². The molecule has 7 heteroatoms. The number of hydroxylamine groups is 2.